The second kappa shape index (κ2) is 7.05. The molecule has 2 saturated carbocycles. The van der Waals surface area contributed by atoms with E-state index in [1.54, 1.807) is 0 Å². The fraction of sp³-hybridized carbons (Fsp3) is 0.583. The number of fused-ring (bicyclic) bond motifs is 2. The van der Waals surface area contributed by atoms with Gasteiger partial charge in [0.15, 0.2) is 11.5 Å². The van der Waals surface area contributed by atoms with Crippen molar-refractivity contribution >= 4 is 43.0 Å². The van der Waals surface area contributed by atoms with Crippen LogP contribution in [0.1, 0.15) is 12.5 Å². The molecule has 2 aromatic heterocycles. The van der Waals surface area contributed by atoms with Gasteiger partial charge < -0.3 is 20.5 Å². The zero-order valence-electron chi connectivity index (χ0n) is 13.7. The van der Waals surface area contributed by atoms with Gasteiger partial charge in [0.2, 0.25) is 0 Å². The minimum Gasteiger partial charge on any atom is -0.389 e. The average Bonchev–Trinajstić information content (AvgIpc) is 3.20. The number of rotatable bonds is 8. The maximum atomic E-state index is 11.1. The van der Waals surface area contributed by atoms with Gasteiger partial charge in [-0.3, -0.25) is 0 Å². The number of aliphatic hydroxyl groups excluding tert-OH is 2. The molecule has 28 heavy (non-hydrogen) atoms. The van der Waals surface area contributed by atoms with Crippen LogP contribution < -0.4 is 5.73 Å². The number of anilines is 1. The number of hydrogen-bond donors (Lipinski definition) is 3. The number of aromatic nitrogens is 4. The Morgan fingerprint density at radius 1 is 1.14 bits per heavy atom. The van der Waals surface area contributed by atoms with E-state index in [-0.39, 0.29) is 12.2 Å². The summed E-state index contributed by atoms with van der Waals surface area (Å²) in [5.74, 6) is -2.83. The largest absolute Gasteiger partial charge is 0.389 e. The van der Waals surface area contributed by atoms with E-state index in [0.717, 1.165) is 0 Å². The SMILES string of the molecule is Nc1ncnc2c1ncn2[C@@H]1[C@H](O)[C@@H](O)[C@]2(C(OP=O)(OP=O)OP=O)C[C@H]12. The van der Waals surface area contributed by atoms with Gasteiger partial charge >= 0.3 is 32.0 Å². The van der Waals surface area contributed by atoms with Gasteiger partial charge in [-0.1, -0.05) is 0 Å². The van der Waals surface area contributed by atoms with E-state index in [1.807, 2.05) is 0 Å². The molecule has 2 fully saturated rings. The highest BCUT2D eigenvalue weighted by atomic mass is 31.1. The first-order valence-electron chi connectivity index (χ1n) is 7.79. The highest BCUT2D eigenvalue weighted by Gasteiger charge is 2.83. The summed E-state index contributed by atoms with van der Waals surface area (Å²) in [6, 6.07) is -0.778. The van der Waals surface area contributed by atoms with Gasteiger partial charge in [-0.15, -0.1) is 0 Å². The van der Waals surface area contributed by atoms with E-state index in [2.05, 4.69) is 15.0 Å². The Morgan fingerprint density at radius 3 is 2.39 bits per heavy atom. The predicted molar refractivity (Wildman–Crippen MR) is 90.1 cm³/mol. The van der Waals surface area contributed by atoms with Crippen molar-refractivity contribution in [1.82, 2.24) is 19.5 Å². The summed E-state index contributed by atoms with van der Waals surface area (Å²) in [5, 5.41) is 21.5. The first-order valence-corrected chi connectivity index (χ1v) is 9.98. The summed E-state index contributed by atoms with van der Waals surface area (Å²) in [4.78, 5) is 12.1. The monoisotopic (exact) mass is 447 g/mol. The number of nitrogen functional groups attached to an aromatic ring is 1. The van der Waals surface area contributed by atoms with E-state index in [9.17, 15) is 23.9 Å². The molecule has 0 aliphatic heterocycles. The third-order valence-corrected chi connectivity index (χ3v) is 6.37. The minimum absolute atomic E-state index is 0.142. The minimum atomic E-state index is -2.40. The summed E-state index contributed by atoms with van der Waals surface area (Å²) in [6.45, 7) is 0. The predicted octanol–water partition coefficient (Wildman–Crippen LogP) is 1.01. The molecule has 2 aromatic rings. The molecule has 2 aliphatic rings. The standard InChI is InChI=1S/C12H12N5O8P3/c13-9-5-10(15-2-14-9)17(3-16-5)6-4-1-11(4,8(19)7(6)18)12(23-26-20,24-27-21)25-28-22/h2-4,6-8,18-19H,1H2,(H2,13,14,15)/t4-,6+,7+,8-,11+/m1/s1. The van der Waals surface area contributed by atoms with Crippen molar-refractivity contribution in [1.29, 1.82) is 0 Å². The molecular weight excluding hydrogens is 435 g/mol. The number of aliphatic hydroxyl groups is 2. The molecule has 13 nitrogen and oxygen atoms in total. The lowest BCUT2D eigenvalue weighted by molar-refractivity contribution is -0.303. The second-order valence-corrected chi connectivity index (χ2v) is 7.41. The number of imidazole rings is 1. The zero-order chi connectivity index (χ0) is 20.1. The third kappa shape index (κ3) is 2.49. The fourth-order valence-electron chi connectivity index (χ4n) is 4.23. The van der Waals surface area contributed by atoms with Crippen LogP contribution in [0.25, 0.3) is 11.2 Å². The normalized spacial score (nSPS) is 34.1. The summed E-state index contributed by atoms with van der Waals surface area (Å²) >= 11 is 0. The molecule has 0 unspecified atom stereocenters. The molecule has 2 aliphatic carbocycles. The van der Waals surface area contributed by atoms with Crippen LogP contribution in [0.5, 0.6) is 0 Å². The van der Waals surface area contributed by atoms with Crippen molar-refractivity contribution in [3.63, 3.8) is 0 Å². The Morgan fingerprint density at radius 2 is 1.79 bits per heavy atom. The molecule has 5 atom stereocenters. The topological polar surface area (TPSA) is 189 Å². The smallest absolute Gasteiger partial charge is 0.332 e. The van der Waals surface area contributed by atoms with Gasteiger partial charge in [-0.05, 0) is 12.3 Å². The molecule has 2 heterocycles. The summed E-state index contributed by atoms with van der Waals surface area (Å²) in [5.41, 5.74) is 4.92. The molecule has 4 N–H and O–H groups in total. The van der Waals surface area contributed by atoms with Crippen molar-refractivity contribution in [2.24, 2.45) is 11.3 Å². The summed E-state index contributed by atoms with van der Waals surface area (Å²) in [7, 11) is -2.81. The second-order valence-electron chi connectivity index (χ2n) is 6.41. The molecule has 0 amide bonds. The Labute approximate surface area is 161 Å². The van der Waals surface area contributed by atoms with Crippen LogP contribution in [0.2, 0.25) is 0 Å². The van der Waals surface area contributed by atoms with E-state index < -0.39 is 61.6 Å². The first kappa shape index (κ1) is 19.8. The Bertz CT molecular complexity index is 934. The van der Waals surface area contributed by atoms with Crippen molar-refractivity contribution in [2.75, 3.05) is 5.73 Å². The molecule has 0 aromatic carbocycles. The van der Waals surface area contributed by atoms with Crippen LogP contribution in [-0.2, 0) is 27.3 Å². The zero-order valence-corrected chi connectivity index (χ0v) is 16.4. The fourth-order valence-corrected chi connectivity index (χ4v) is 5.44. The molecule has 4 rings (SSSR count). The molecule has 0 spiro atoms. The van der Waals surface area contributed by atoms with Gasteiger partial charge in [0, 0.05) is 0 Å². The maximum Gasteiger partial charge on any atom is 0.332 e. The van der Waals surface area contributed by atoms with Gasteiger partial charge in [-0.25, -0.2) is 42.2 Å². The quantitative estimate of drug-likeness (QED) is 0.385. The molecule has 0 saturated heterocycles. The van der Waals surface area contributed by atoms with Crippen LogP contribution in [0.3, 0.4) is 0 Å². The number of hydrogen-bond acceptors (Lipinski definition) is 12. The third-order valence-electron chi connectivity index (χ3n) is 5.42. The van der Waals surface area contributed by atoms with Crippen molar-refractivity contribution in [3.05, 3.63) is 12.7 Å². The first-order chi connectivity index (χ1) is 13.5. The molecule has 148 valence electrons. The lowest BCUT2D eigenvalue weighted by Crippen LogP contribution is -2.50. The van der Waals surface area contributed by atoms with Crippen LogP contribution >= 0.6 is 26.1 Å². The van der Waals surface area contributed by atoms with E-state index >= 15 is 0 Å². The van der Waals surface area contributed by atoms with Crippen molar-refractivity contribution in [3.8, 4) is 0 Å². The van der Waals surface area contributed by atoms with E-state index in [1.165, 1.54) is 17.2 Å². The van der Waals surface area contributed by atoms with Crippen molar-refractivity contribution < 1.29 is 37.5 Å². The van der Waals surface area contributed by atoms with E-state index in [4.69, 9.17) is 19.3 Å². The Balaban J connectivity index is 1.80. The van der Waals surface area contributed by atoms with Crippen LogP contribution in [-0.4, -0.2) is 47.9 Å². The Kier molecular flexibility index (Phi) is 4.97. The average molecular weight is 447 g/mol. The molecule has 0 bridgehead atoms. The summed E-state index contributed by atoms with van der Waals surface area (Å²) < 4.78 is 49.7. The van der Waals surface area contributed by atoms with Gasteiger partial charge in [0.1, 0.15) is 17.9 Å². The molecule has 16 heteroatoms. The Hall–Kier alpha value is -1.55. The van der Waals surface area contributed by atoms with Crippen LogP contribution in [0, 0.1) is 11.3 Å². The number of nitrogens with zero attached hydrogens (tertiary/aromatic N) is 4. The highest BCUT2D eigenvalue weighted by molar-refractivity contribution is 7.19. The van der Waals surface area contributed by atoms with Gasteiger partial charge in [0.25, 0.3) is 0 Å². The van der Waals surface area contributed by atoms with Crippen LogP contribution in [0.4, 0.5) is 5.82 Å². The molecule has 0 radical (unpaired) electrons. The lowest BCUT2D eigenvalue weighted by atomic mass is 9.96. The van der Waals surface area contributed by atoms with Crippen molar-refractivity contribution in [2.45, 2.75) is 30.6 Å². The van der Waals surface area contributed by atoms with Gasteiger partial charge in [-0.2, -0.15) is 0 Å². The van der Waals surface area contributed by atoms with E-state index in [0.29, 0.717) is 11.2 Å². The lowest BCUT2D eigenvalue weighted by Gasteiger charge is -2.34. The summed E-state index contributed by atoms with van der Waals surface area (Å²) in [6.07, 6.45) is -0.132. The van der Waals surface area contributed by atoms with Crippen LogP contribution in [0.15, 0.2) is 12.7 Å². The molecular formula is C12H12N5O8P3. The number of nitrogens with two attached hydrogens (primary N) is 1. The maximum absolute atomic E-state index is 11.1. The highest BCUT2D eigenvalue weighted by Crippen LogP contribution is 2.74. The van der Waals surface area contributed by atoms with Gasteiger partial charge in [0.05, 0.1) is 23.9 Å².